The van der Waals surface area contributed by atoms with Gasteiger partial charge in [-0.15, -0.1) is 0 Å². The van der Waals surface area contributed by atoms with Crippen molar-refractivity contribution in [1.29, 1.82) is 0 Å². The van der Waals surface area contributed by atoms with Crippen LogP contribution in [0, 0.1) is 6.92 Å². The Hall–Kier alpha value is -1.46. The molecule has 25 heavy (non-hydrogen) atoms. The van der Waals surface area contributed by atoms with E-state index in [-0.39, 0.29) is 0 Å². The van der Waals surface area contributed by atoms with Crippen molar-refractivity contribution in [2.45, 2.75) is 20.0 Å². The fourth-order valence-corrected chi connectivity index (χ4v) is 3.81. The number of rotatable bonds is 4. The molecule has 0 aliphatic carbocycles. The van der Waals surface area contributed by atoms with E-state index in [9.17, 15) is 0 Å². The SMILES string of the molecule is Cc1ccc2cc(CN3CCOCC3)c(CN3CCOCC3)cc2c1. The van der Waals surface area contributed by atoms with E-state index < -0.39 is 0 Å². The lowest BCUT2D eigenvalue weighted by atomic mass is 9.98. The molecule has 0 unspecified atom stereocenters. The molecule has 2 aromatic rings. The Morgan fingerprint density at radius 3 is 1.80 bits per heavy atom. The van der Waals surface area contributed by atoms with Crippen molar-refractivity contribution in [3.05, 3.63) is 47.0 Å². The van der Waals surface area contributed by atoms with Crippen LogP contribution in [0.15, 0.2) is 30.3 Å². The molecule has 134 valence electrons. The first-order chi connectivity index (χ1) is 12.3. The van der Waals surface area contributed by atoms with Crippen molar-refractivity contribution in [3.63, 3.8) is 0 Å². The van der Waals surface area contributed by atoms with Crippen LogP contribution in [0.2, 0.25) is 0 Å². The van der Waals surface area contributed by atoms with Crippen LogP contribution in [0.3, 0.4) is 0 Å². The van der Waals surface area contributed by atoms with Crippen molar-refractivity contribution >= 4 is 10.8 Å². The van der Waals surface area contributed by atoms with Crippen molar-refractivity contribution in [2.75, 3.05) is 52.6 Å². The zero-order valence-electron chi connectivity index (χ0n) is 15.2. The molecule has 2 aliphatic rings. The Morgan fingerprint density at radius 2 is 1.24 bits per heavy atom. The van der Waals surface area contributed by atoms with Crippen molar-refractivity contribution in [1.82, 2.24) is 9.80 Å². The van der Waals surface area contributed by atoms with Crippen LogP contribution in [0.25, 0.3) is 10.8 Å². The number of hydrogen-bond acceptors (Lipinski definition) is 4. The maximum absolute atomic E-state index is 5.51. The molecule has 0 aromatic heterocycles. The molecule has 0 bridgehead atoms. The second kappa shape index (κ2) is 7.83. The third-order valence-electron chi connectivity index (χ3n) is 5.31. The highest BCUT2D eigenvalue weighted by molar-refractivity contribution is 5.84. The zero-order chi connectivity index (χ0) is 17.1. The Bertz CT molecular complexity index is 719. The predicted molar refractivity (Wildman–Crippen MR) is 101 cm³/mol. The Morgan fingerprint density at radius 1 is 0.720 bits per heavy atom. The van der Waals surface area contributed by atoms with Crippen LogP contribution in [0.1, 0.15) is 16.7 Å². The van der Waals surface area contributed by atoms with Gasteiger partial charge in [-0.25, -0.2) is 0 Å². The molecule has 4 rings (SSSR count). The van der Waals surface area contributed by atoms with Gasteiger partial charge in [-0.2, -0.15) is 0 Å². The van der Waals surface area contributed by atoms with E-state index in [0.29, 0.717) is 0 Å². The van der Waals surface area contributed by atoms with Gasteiger partial charge in [0, 0.05) is 39.3 Å². The van der Waals surface area contributed by atoms with E-state index in [1.54, 1.807) is 0 Å². The number of nitrogens with zero attached hydrogens (tertiary/aromatic N) is 2. The van der Waals surface area contributed by atoms with Crippen LogP contribution in [-0.4, -0.2) is 62.4 Å². The molecular weight excluding hydrogens is 312 g/mol. The van der Waals surface area contributed by atoms with Gasteiger partial charge >= 0.3 is 0 Å². The Labute approximate surface area is 150 Å². The van der Waals surface area contributed by atoms with Gasteiger partial charge in [0.15, 0.2) is 0 Å². The molecule has 0 atom stereocenters. The van der Waals surface area contributed by atoms with Crippen LogP contribution in [0.4, 0.5) is 0 Å². The maximum Gasteiger partial charge on any atom is 0.0594 e. The third kappa shape index (κ3) is 4.21. The second-order valence-electron chi connectivity index (χ2n) is 7.25. The first kappa shape index (κ1) is 17.0. The molecule has 0 amide bonds. The van der Waals surface area contributed by atoms with Crippen molar-refractivity contribution in [3.8, 4) is 0 Å². The Balaban J connectivity index is 1.64. The summed E-state index contributed by atoms with van der Waals surface area (Å²) in [6.45, 7) is 11.7. The topological polar surface area (TPSA) is 24.9 Å². The van der Waals surface area contributed by atoms with E-state index in [0.717, 1.165) is 65.7 Å². The summed E-state index contributed by atoms with van der Waals surface area (Å²) in [5.74, 6) is 0. The van der Waals surface area contributed by atoms with E-state index >= 15 is 0 Å². The van der Waals surface area contributed by atoms with Gasteiger partial charge in [0.1, 0.15) is 0 Å². The van der Waals surface area contributed by atoms with Crippen LogP contribution in [0.5, 0.6) is 0 Å². The maximum atomic E-state index is 5.51. The summed E-state index contributed by atoms with van der Waals surface area (Å²) in [7, 11) is 0. The molecule has 4 nitrogen and oxygen atoms in total. The number of ether oxygens (including phenoxy) is 2. The molecule has 2 aliphatic heterocycles. The number of morpholine rings is 2. The van der Waals surface area contributed by atoms with Gasteiger partial charge in [0.05, 0.1) is 26.4 Å². The monoisotopic (exact) mass is 340 g/mol. The van der Waals surface area contributed by atoms with E-state index in [1.807, 2.05) is 0 Å². The summed E-state index contributed by atoms with van der Waals surface area (Å²) >= 11 is 0. The third-order valence-corrected chi connectivity index (χ3v) is 5.31. The summed E-state index contributed by atoms with van der Waals surface area (Å²) in [6.07, 6.45) is 0. The quantitative estimate of drug-likeness (QED) is 0.854. The van der Waals surface area contributed by atoms with Gasteiger partial charge in [0.25, 0.3) is 0 Å². The number of aryl methyl sites for hydroxylation is 1. The fourth-order valence-electron chi connectivity index (χ4n) is 3.81. The van der Waals surface area contributed by atoms with Gasteiger partial charge in [-0.05, 0) is 41.0 Å². The molecule has 0 radical (unpaired) electrons. The largest absolute Gasteiger partial charge is 0.379 e. The van der Waals surface area contributed by atoms with E-state index in [1.165, 1.54) is 27.5 Å². The predicted octanol–water partition coefficient (Wildman–Crippen LogP) is 2.81. The van der Waals surface area contributed by atoms with Crippen LogP contribution in [-0.2, 0) is 22.6 Å². The molecule has 0 N–H and O–H groups in total. The molecule has 2 aromatic carbocycles. The average molecular weight is 340 g/mol. The number of fused-ring (bicyclic) bond motifs is 1. The molecule has 0 saturated carbocycles. The van der Waals surface area contributed by atoms with Crippen LogP contribution < -0.4 is 0 Å². The van der Waals surface area contributed by atoms with Gasteiger partial charge in [-0.1, -0.05) is 23.8 Å². The lowest BCUT2D eigenvalue weighted by molar-refractivity contribution is 0.0309. The molecule has 2 saturated heterocycles. The normalized spacial score (nSPS) is 20.2. The lowest BCUT2D eigenvalue weighted by Gasteiger charge is -2.30. The average Bonchev–Trinajstić information content (AvgIpc) is 2.64. The minimum absolute atomic E-state index is 0.853. The number of hydrogen-bond donors (Lipinski definition) is 0. The highest BCUT2D eigenvalue weighted by atomic mass is 16.5. The highest BCUT2D eigenvalue weighted by Gasteiger charge is 2.17. The Kier molecular flexibility index (Phi) is 5.32. The fraction of sp³-hybridized carbons (Fsp3) is 0.524. The lowest BCUT2D eigenvalue weighted by Crippen LogP contribution is -2.37. The second-order valence-corrected chi connectivity index (χ2v) is 7.25. The van der Waals surface area contributed by atoms with Crippen LogP contribution >= 0.6 is 0 Å². The summed E-state index contributed by atoms with van der Waals surface area (Å²) in [5, 5.41) is 2.70. The van der Waals surface area contributed by atoms with E-state index in [4.69, 9.17) is 9.47 Å². The minimum Gasteiger partial charge on any atom is -0.379 e. The van der Waals surface area contributed by atoms with E-state index in [2.05, 4.69) is 47.1 Å². The summed E-state index contributed by atoms with van der Waals surface area (Å²) in [4.78, 5) is 5.03. The molecule has 2 heterocycles. The molecule has 4 heteroatoms. The molecule has 2 fully saturated rings. The highest BCUT2D eigenvalue weighted by Crippen LogP contribution is 2.24. The first-order valence-electron chi connectivity index (χ1n) is 9.40. The summed E-state index contributed by atoms with van der Waals surface area (Å²) in [5.41, 5.74) is 4.25. The van der Waals surface area contributed by atoms with Gasteiger partial charge in [-0.3, -0.25) is 9.80 Å². The smallest absolute Gasteiger partial charge is 0.0594 e. The standard InChI is InChI=1S/C21H28N2O2/c1-17-2-3-18-13-20(15-22-4-8-24-9-5-22)21(14-19(18)12-17)16-23-6-10-25-11-7-23/h2-3,12-14H,4-11,15-16H2,1H3. The van der Waals surface area contributed by atoms with Gasteiger partial charge in [0.2, 0.25) is 0 Å². The molecule has 0 spiro atoms. The first-order valence-corrected chi connectivity index (χ1v) is 9.40. The summed E-state index contributed by atoms with van der Waals surface area (Å²) in [6, 6.07) is 11.6. The summed E-state index contributed by atoms with van der Waals surface area (Å²) < 4.78 is 11.0. The number of benzene rings is 2. The molecular formula is C21H28N2O2. The minimum atomic E-state index is 0.853. The zero-order valence-corrected chi connectivity index (χ0v) is 15.2. The van der Waals surface area contributed by atoms with Crippen molar-refractivity contribution < 1.29 is 9.47 Å². The van der Waals surface area contributed by atoms with Crippen molar-refractivity contribution in [2.24, 2.45) is 0 Å². The van der Waals surface area contributed by atoms with Gasteiger partial charge < -0.3 is 9.47 Å².